The summed E-state index contributed by atoms with van der Waals surface area (Å²) >= 11 is 0. The molecular weight excluding hydrogens is 331 g/mol. The number of aromatic nitrogens is 1. The van der Waals surface area contributed by atoms with Crippen LogP contribution < -0.4 is 5.32 Å². The van der Waals surface area contributed by atoms with Crippen LogP contribution in [0.5, 0.6) is 0 Å². The monoisotopic (exact) mass is 354 g/mol. The van der Waals surface area contributed by atoms with Gasteiger partial charge in [-0.1, -0.05) is 19.1 Å². The first kappa shape index (κ1) is 18.0. The summed E-state index contributed by atoms with van der Waals surface area (Å²) in [6.45, 7) is 6.83. The molecule has 0 bridgehead atoms. The third-order valence-electron chi connectivity index (χ3n) is 4.72. The molecule has 4 nitrogen and oxygen atoms in total. The SMILES string of the molecule is CCc1c(C)c(C(=O)NCc2ccco2)n(Cc2cccc(F)c2)c1C. The van der Waals surface area contributed by atoms with Crippen LogP contribution in [-0.2, 0) is 19.5 Å². The Labute approximate surface area is 152 Å². The summed E-state index contributed by atoms with van der Waals surface area (Å²) in [4.78, 5) is 12.9. The number of amides is 1. The van der Waals surface area contributed by atoms with Crippen molar-refractivity contribution >= 4 is 5.91 Å². The maximum Gasteiger partial charge on any atom is 0.268 e. The molecule has 2 heterocycles. The fourth-order valence-electron chi connectivity index (χ4n) is 3.44. The van der Waals surface area contributed by atoms with Gasteiger partial charge in [0.25, 0.3) is 5.91 Å². The number of hydrogen-bond acceptors (Lipinski definition) is 2. The lowest BCUT2D eigenvalue weighted by Gasteiger charge is -2.13. The van der Waals surface area contributed by atoms with Crippen LogP contribution in [-0.4, -0.2) is 10.5 Å². The highest BCUT2D eigenvalue weighted by molar-refractivity contribution is 5.95. The minimum Gasteiger partial charge on any atom is -0.467 e. The molecule has 1 amide bonds. The number of hydrogen-bond donors (Lipinski definition) is 1. The van der Waals surface area contributed by atoms with Crippen LogP contribution in [0, 0.1) is 19.7 Å². The molecular formula is C21H23FN2O2. The standard InChI is InChI=1S/C21H23FN2O2/c1-4-19-14(2)20(21(25)23-12-18-9-6-10-26-18)24(15(19)3)13-16-7-5-8-17(22)11-16/h5-11H,4,12-13H2,1-3H3,(H,23,25). The van der Waals surface area contributed by atoms with Crippen LogP contribution in [0.1, 0.15) is 45.6 Å². The Morgan fingerprint density at radius 3 is 2.69 bits per heavy atom. The molecule has 1 N–H and O–H groups in total. The second-order valence-corrected chi connectivity index (χ2v) is 6.37. The van der Waals surface area contributed by atoms with Crippen LogP contribution in [0.25, 0.3) is 0 Å². The van der Waals surface area contributed by atoms with Crippen molar-refractivity contribution in [2.24, 2.45) is 0 Å². The second-order valence-electron chi connectivity index (χ2n) is 6.37. The van der Waals surface area contributed by atoms with Crippen molar-refractivity contribution in [2.75, 3.05) is 0 Å². The van der Waals surface area contributed by atoms with Crippen molar-refractivity contribution in [3.8, 4) is 0 Å². The second kappa shape index (κ2) is 7.60. The molecule has 0 aliphatic heterocycles. The van der Waals surface area contributed by atoms with Crippen LogP contribution in [0.2, 0.25) is 0 Å². The summed E-state index contributed by atoms with van der Waals surface area (Å²) in [5.41, 5.74) is 4.61. The summed E-state index contributed by atoms with van der Waals surface area (Å²) in [7, 11) is 0. The molecule has 3 aromatic rings. The molecule has 0 spiro atoms. The zero-order chi connectivity index (χ0) is 18.7. The van der Waals surface area contributed by atoms with Crippen molar-refractivity contribution in [3.05, 3.63) is 82.3 Å². The van der Waals surface area contributed by atoms with E-state index >= 15 is 0 Å². The van der Waals surface area contributed by atoms with Crippen molar-refractivity contribution < 1.29 is 13.6 Å². The summed E-state index contributed by atoms with van der Waals surface area (Å²) in [6, 6.07) is 10.1. The molecule has 5 heteroatoms. The minimum absolute atomic E-state index is 0.155. The number of carbonyl (C=O) groups excluding carboxylic acids is 1. The van der Waals surface area contributed by atoms with Gasteiger partial charge < -0.3 is 14.3 Å². The van der Waals surface area contributed by atoms with Crippen molar-refractivity contribution in [3.63, 3.8) is 0 Å². The van der Waals surface area contributed by atoms with Gasteiger partial charge in [0.1, 0.15) is 17.3 Å². The van der Waals surface area contributed by atoms with Crippen LogP contribution in [0.4, 0.5) is 4.39 Å². The Morgan fingerprint density at radius 2 is 2.04 bits per heavy atom. The van der Waals surface area contributed by atoms with E-state index in [1.54, 1.807) is 18.4 Å². The van der Waals surface area contributed by atoms with E-state index in [1.807, 2.05) is 30.5 Å². The average Bonchev–Trinajstić information content (AvgIpc) is 3.20. The van der Waals surface area contributed by atoms with E-state index in [2.05, 4.69) is 12.2 Å². The van der Waals surface area contributed by atoms with Gasteiger partial charge in [0.15, 0.2) is 0 Å². The number of halogens is 1. The maximum atomic E-state index is 13.6. The lowest BCUT2D eigenvalue weighted by molar-refractivity contribution is 0.0938. The Kier molecular flexibility index (Phi) is 5.26. The highest BCUT2D eigenvalue weighted by Crippen LogP contribution is 2.24. The van der Waals surface area contributed by atoms with Crippen molar-refractivity contribution in [2.45, 2.75) is 40.3 Å². The van der Waals surface area contributed by atoms with Gasteiger partial charge in [-0.2, -0.15) is 0 Å². The van der Waals surface area contributed by atoms with Gasteiger partial charge in [0.05, 0.1) is 12.8 Å². The maximum absolute atomic E-state index is 13.6. The molecule has 0 radical (unpaired) electrons. The Hall–Kier alpha value is -2.82. The normalized spacial score (nSPS) is 10.9. The fraction of sp³-hybridized carbons (Fsp3) is 0.286. The van der Waals surface area contributed by atoms with E-state index in [9.17, 15) is 9.18 Å². The smallest absolute Gasteiger partial charge is 0.268 e. The zero-order valence-electron chi connectivity index (χ0n) is 15.3. The predicted octanol–water partition coefficient (Wildman–Crippen LogP) is 4.38. The first-order valence-corrected chi connectivity index (χ1v) is 8.74. The predicted molar refractivity (Wildman–Crippen MR) is 98.7 cm³/mol. The van der Waals surface area contributed by atoms with E-state index in [0.717, 1.165) is 28.8 Å². The van der Waals surface area contributed by atoms with E-state index in [-0.39, 0.29) is 11.7 Å². The molecule has 3 rings (SSSR count). The quantitative estimate of drug-likeness (QED) is 0.714. The molecule has 0 atom stereocenters. The number of carbonyl (C=O) groups is 1. The van der Waals surface area contributed by atoms with Crippen molar-refractivity contribution in [1.29, 1.82) is 0 Å². The largest absolute Gasteiger partial charge is 0.467 e. The minimum atomic E-state index is -0.274. The van der Waals surface area contributed by atoms with Gasteiger partial charge >= 0.3 is 0 Å². The van der Waals surface area contributed by atoms with Crippen LogP contribution >= 0.6 is 0 Å². The van der Waals surface area contributed by atoms with Crippen LogP contribution in [0.15, 0.2) is 47.1 Å². The van der Waals surface area contributed by atoms with Gasteiger partial charge in [0, 0.05) is 12.2 Å². The average molecular weight is 354 g/mol. The number of furan rings is 1. The number of nitrogens with one attached hydrogen (secondary N) is 1. The molecule has 1 aromatic carbocycles. The third-order valence-corrected chi connectivity index (χ3v) is 4.72. The Balaban J connectivity index is 1.93. The molecule has 2 aromatic heterocycles. The van der Waals surface area contributed by atoms with Gasteiger partial charge in [0.2, 0.25) is 0 Å². The topological polar surface area (TPSA) is 47.2 Å². The molecule has 0 saturated carbocycles. The zero-order valence-corrected chi connectivity index (χ0v) is 15.3. The van der Waals surface area contributed by atoms with E-state index < -0.39 is 0 Å². The molecule has 0 saturated heterocycles. The summed E-state index contributed by atoms with van der Waals surface area (Å²) in [6.07, 6.45) is 2.42. The van der Waals surface area contributed by atoms with Gasteiger partial charge in [-0.3, -0.25) is 4.79 Å². The highest BCUT2D eigenvalue weighted by atomic mass is 19.1. The van der Waals surface area contributed by atoms with Crippen LogP contribution in [0.3, 0.4) is 0 Å². The van der Waals surface area contributed by atoms with E-state index in [1.165, 1.54) is 12.1 Å². The Morgan fingerprint density at radius 1 is 1.23 bits per heavy atom. The van der Waals surface area contributed by atoms with Gasteiger partial charge in [-0.25, -0.2) is 4.39 Å². The third kappa shape index (κ3) is 3.57. The number of benzene rings is 1. The van der Waals surface area contributed by atoms with Gasteiger partial charge in [-0.15, -0.1) is 0 Å². The molecule has 0 fully saturated rings. The summed E-state index contributed by atoms with van der Waals surface area (Å²) < 4.78 is 20.8. The molecule has 0 aliphatic carbocycles. The fourth-order valence-corrected chi connectivity index (χ4v) is 3.44. The molecule has 0 unspecified atom stereocenters. The summed E-state index contributed by atoms with van der Waals surface area (Å²) in [5, 5.41) is 2.92. The number of rotatable bonds is 6. The lowest BCUT2D eigenvalue weighted by Crippen LogP contribution is -2.26. The lowest BCUT2D eigenvalue weighted by atomic mass is 10.1. The van der Waals surface area contributed by atoms with Gasteiger partial charge in [-0.05, 0) is 61.2 Å². The highest BCUT2D eigenvalue weighted by Gasteiger charge is 2.22. The van der Waals surface area contributed by atoms with E-state index in [0.29, 0.717) is 24.5 Å². The molecule has 26 heavy (non-hydrogen) atoms. The first-order chi connectivity index (χ1) is 12.5. The number of nitrogens with zero attached hydrogens (tertiary/aromatic N) is 1. The van der Waals surface area contributed by atoms with E-state index in [4.69, 9.17) is 4.42 Å². The van der Waals surface area contributed by atoms with Crippen molar-refractivity contribution in [1.82, 2.24) is 9.88 Å². The molecule has 136 valence electrons. The Bertz CT molecular complexity index is 910. The molecule has 0 aliphatic rings. The summed E-state index contributed by atoms with van der Waals surface area (Å²) in [5.74, 6) is 0.272. The first-order valence-electron chi connectivity index (χ1n) is 8.74.